The lowest BCUT2D eigenvalue weighted by Gasteiger charge is -2.21. The highest BCUT2D eigenvalue weighted by Crippen LogP contribution is 2.24. The highest BCUT2D eigenvalue weighted by Gasteiger charge is 2.18. The normalized spacial score (nSPS) is 19.6. The molecule has 0 amide bonds. The topological polar surface area (TPSA) is 74.8 Å². The SMILES string of the molecule is CS(=O)(=O)c1ccc(-c2cnc(C3CCCCN3)[nH]2)cc1. The molecule has 2 N–H and O–H groups in total. The minimum atomic E-state index is -3.15. The van der Waals surface area contributed by atoms with Crippen molar-refractivity contribution in [3.8, 4) is 11.3 Å². The van der Waals surface area contributed by atoms with E-state index in [1.807, 2.05) is 12.1 Å². The van der Waals surface area contributed by atoms with Crippen molar-refractivity contribution in [2.45, 2.75) is 30.2 Å². The van der Waals surface area contributed by atoms with Gasteiger partial charge in [0.1, 0.15) is 5.82 Å². The number of hydrogen-bond acceptors (Lipinski definition) is 4. The fourth-order valence-electron chi connectivity index (χ4n) is 2.63. The molecule has 0 saturated carbocycles. The van der Waals surface area contributed by atoms with Crippen molar-refractivity contribution in [3.63, 3.8) is 0 Å². The van der Waals surface area contributed by atoms with E-state index in [1.54, 1.807) is 18.3 Å². The molecule has 0 spiro atoms. The average molecular weight is 305 g/mol. The molecule has 2 heterocycles. The Bertz CT molecular complexity index is 714. The predicted molar refractivity (Wildman–Crippen MR) is 81.7 cm³/mol. The van der Waals surface area contributed by atoms with E-state index in [0.717, 1.165) is 30.0 Å². The molecule has 0 aliphatic carbocycles. The molecule has 1 aliphatic heterocycles. The third-order valence-electron chi connectivity index (χ3n) is 3.83. The summed E-state index contributed by atoms with van der Waals surface area (Å²) in [4.78, 5) is 8.12. The number of piperidine rings is 1. The molecule has 1 unspecified atom stereocenters. The van der Waals surface area contributed by atoms with E-state index < -0.39 is 9.84 Å². The number of benzene rings is 1. The highest BCUT2D eigenvalue weighted by molar-refractivity contribution is 7.90. The molecule has 6 heteroatoms. The monoisotopic (exact) mass is 305 g/mol. The van der Waals surface area contributed by atoms with Gasteiger partial charge in [0.15, 0.2) is 9.84 Å². The summed E-state index contributed by atoms with van der Waals surface area (Å²) in [6.45, 7) is 1.03. The van der Waals surface area contributed by atoms with E-state index in [1.165, 1.54) is 19.1 Å². The summed E-state index contributed by atoms with van der Waals surface area (Å²) in [5.41, 5.74) is 1.86. The van der Waals surface area contributed by atoms with Crippen molar-refractivity contribution in [2.24, 2.45) is 0 Å². The molecule has 1 fully saturated rings. The molecule has 1 aliphatic rings. The summed E-state index contributed by atoms with van der Waals surface area (Å²) in [7, 11) is -3.15. The third-order valence-corrected chi connectivity index (χ3v) is 4.96. The van der Waals surface area contributed by atoms with Crippen LogP contribution in [-0.4, -0.2) is 31.2 Å². The quantitative estimate of drug-likeness (QED) is 0.912. The van der Waals surface area contributed by atoms with Gasteiger partial charge >= 0.3 is 0 Å². The van der Waals surface area contributed by atoms with Crippen molar-refractivity contribution in [2.75, 3.05) is 12.8 Å². The maximum absolute atomic E-state index is 11.5. The van der Waals surface area contributed by atoms with Crippen LogP contribution >= 0.6 is 0 Å². The van der Waals surface area contributed by atoms with Gasteiger partial charge < -0.3 is 10.3 Å². The van der Waals surface area contributed by atoms with Crippen LogP contribution in [0.4, 0.5) is 0 Å². The molecule has 21 heavy (non-hydrogen) atoms. The fraction of sp³-hybridized carbons (Fsp3) is 0.400. The van der Waals surface area contributed by atoms with Crippen LogP contribution in [0.25, 0.3) is 11.3 Å². The number of H-pyrrole nitrogens is 1. The molecule has 0 radical (unpaired) electrons. The molecule has 3 rings (SSSR count). The fourth-order valence-corrected chi connectivity index (χ4v) is 3.26. The van der Waals surface area contributed by atoms with Crippen molar-refractivity contribution in [1.82, 2.24) is 15.3 Å². The third kappa shape index (κ3) is 3.16. The zero-order valence-corrected chi connectivity index (χ0v) is 12.8. The van der Waals surface area contributed by atoms with Crippen LogP contribution in [0.5, 0.6) is 0 Å². The van der Waals surface area contributed by atoms with Gasteiger partial charge in [-0.05, 0) is 37.1 Å². The minimum absolute atomic E-state index is 0.294. The first-order valence-corrected chi connectivity index (χ1v) is 9.02. The molecular formula is C15H19N3O2S. The van der Waals surface area contributed by atoms with Crippen molar-refractivity contribution in [3.05, 3.63) is 36.3 Å². The van der Waals surface area contributed by atoms with Crippen LogP contribution in [0.2, 0.25) is 0 Å². The first-order valence-electron chi connectivity index (χ1n) is 7.13. The van der Waals surface area contributed by atoms with Crippen molar-refractivity contribution in [1.29, 1.82) is 0 Å². The maximum Gasteiger partial charge on any atom is 0.175 e. The van der Waals surface area contributed by atoms with E-state index in [0.29, 0.717) is 10.9 Å². The summed E-state index contributed by atoms with van der Waals surface area (Å²) in [6, 6.07) is 7.17. The smallest absolute Gasteiger partial charge is 0.175 e. The zero-order chi connectivity index (χ0) is 14.9. The summed E-state index contributed by atoms with van der Waals surface area (Å²) >= 11 is 0. The van der Waals surface area contributed by atoms with Gasteiger partial charge in [-0.25, -0.2) is 13.4 Å². The number of aromatic nitrogens is 2. The van der Waals surface area contributed by atoms with Crippen molar-refractivity contribution >= 4 is 9.84 Å². The lowest BCUT2D eigenvalue weighted by atomic mass is 10.0. The first kappa shape index (κ1) is 14.3. The van der Waals surface area contributed by atoms with Crippen LogP contribution < -0.4 is 5.32 Å². The zero-order valence-electron chi connectivity index (χ0n) is 12.0. The van der Waals surface area contributed by atoms with E-state index >= 15 is 0 Å². The number of nitrogens with one attached hydrogen (secondary N) is 2. The van der Waals surface area contributed by atoms with Gasteiger partial charge in [0, 0.05) is 6.26 Å². The van der Waals surface area contributed by atoms with E-state index in [-0.39, 0.29) is 0 Å². The molecular weight excluding hydrogens is 286 g/mol. The molecule has 5 nitrogen and oxygen atoms in total. The number of rotatable bonds is 3. The summed E-state index contributed by atoms with van der Waals surface area (Å²) in [5, 5.41) is 3.46. The molecule has 1 aromatic carbocycles. The Balaban J connectivity index is 1.82. The first-order chi connectivity index (χ1) is 10.0. The van der Waals surface area contributed by atoms with Gasteiger partial charge in [-0.15, -0.1) is 0 Å². The Morgan fingerprint density at radius 1 is 1.19 bits per heavy atom. The Morgan fingerprint density at radius 2 is 1.95 bits per heavy atom. The number of imidazole rings is 1. The Morgan fingerprint density at radius 3 is 2.57 bits per heavy atom. The van der Waals surface area contributed by atoms with Crippen LogP contribution in [0.1, 0.15) is 31.1 Å². The Hall–Kier alpha value is -1.66. The predicted octanol–water partition coefficient (Wildman–Crippen LogP) is 2.29. The summed E-state index contributed by atoms with van der Waals surface area (Å²) in [6.07, 6.45) is 6.56. The number of hydrogen-bond donors (Lipinski definition) is 2. The van der Waals surface area contributed by atoms with Gasteiger partial charge in [-0.3, -0.25) is 0 Å². The second-order valence-electron chi connectivity index (χ2n) is 5.48. The number of sulfone groups is 1. The largest absolute Gasteiger partial charge is 0.341 e. The second-order valence-corrected chi connectivity index (χ2v) is 7.50. The second kappa shape index (κ2) is 5.61. The molecule has 1 atom stereocenters. The lowest BCUT2D eigenvalue weighted by Crippen LogP contribution is -2.27. The summed E-state index contributed by atoms with van der Waals surface area (Å²) < 4.78 is 22.9. The van der Waals surface area contributed by atoms with E-state index in [2.05, 4.69) is 15.3 Å². The highest BCUT2D eigenvalue weighted by atomic mass is 32.2. The standard InChI is InChI=1S/C15H19N3O2S/c1-21(19,20)12-7-5-11(6-8-12)14-10-17-15(18-14)13-4-2-3-9-16-13/h5-8,10,13,16H,2-4,9H2,1H3,(H,17,18). The Labute approximate surface area is 124 Å². The van der Waals surface area contributed by atoms with Crippen LogP contribution in [0.15, 0.2) is 35.4 Å². The van der Waals surface area contributed by atoms with E-state index in [4.69, 9.17) is 0 Å². The van der Waals surface area contributed by atoms with Gasteiger partial charge in [0.05, 0.1) is 22.8 Å². The molecule has 1 aromatic heterocycles. The van der Waals surface area contributed by atoms with E-state index in [9.17, 15) is 8.42 Å². The van der Waals surface area contributed by atoms with Gasteiger partial charge in [0.2, 0.25) is 0 Å². The summed E-state index contributed by atoms with van der Waals surface area (Å²) in [5.74, 6) is 0.955. The molecule has 1 saturated heterocycles. The van der Waals surface area contributed by atoms with Gasteiger partial charge in [-0.2, -0.15) is 0 Å². The number of nitrogens with zero attached hydrogens (tertiary/aromatic N) is 1. The molecule has 2 aromatic rings. The molecule has 112 valence electrons. The minimum Gasteiger partial charge on any atom is -0.341 e. The maximum atomic E-state index is 11.5. The van der Waals surface area contributed by atoms with Crippen molar-refractivity contribution < 1.29 is 8.42 Å². The lowest BCUT2D eigenvalue weighted by molar-refractivity contribution is 0.399. The van der Waals surface area contributed by atoms with Crippen LogP contribution in [0, 0.1) is 0 Å². The van der Waals surface area contributed by atoms with Crippen LogP contribution in [-0.2, 0) is 9.84 Å². The van der Waals surface area contributed by atoms with Gasteiger partial charge in [-0.1, -0.05) is 18.6 Å². The van der Waals surface area contributed by atoms with Gasteiger partial charge in [0.25, 0.3) is 0 Å². The Kier molecular flexibility index (Phi) is 3.82. The average Bonchev–Trinajstić information content (AvgIpc) is 2.97. The molecule has 0 bridgehead atoms. The number of aromatic amines is 1. The van der Waals surface area contributed by atoms with Crippen LogP contribution in [0.3, 0.4) is 0 Å².